The Morgan fingerprint density at radius 2 is 1.75 bits per heavy atom. The van der Waals surface area contributed by atoms with Gasteiger partial charge in [0.05, 0.1) is 24.4 Å². The maximum atomic E-state index is 12.5. The van der Waals surface area contributed by atoms with Crippen LogP contribution in [0.15, 0.2) is 18.2 Å². The monoisotopic (exact) mass is 621 g/mol. The molecule has 8 N–H and O–H groups in total. The first-order valence-electron chi connectivity index (χ1n) is 15.9. The Hall–Kier alpha value is -1.87. The van der Waals surface area contributed by atoms with Crippen molar-refractivity contribution in [2.75, 3.05) is 6.61 Å². The molecule has 0 bridgehead atoms. The first kappa shape index (κ1) is 32.1. The maximum absolute atomic E-state index is 12.5. The van der Waals surface area contributed by atoms with E-state index in [1.807, 2.05) is 12.1 Å². The maximum Gasteiger partial charge on any atom is 0.229 e. The van der Waals surface area contributed by atoms with Crippen molar-refractivity contribution < 1.29 is 54.8 Å². The van der Waals surface area contributed by atoms with Gasteiger partial charge in [0, 0.05) is 12.3 Å². The molecule has 1 amide bonds. The van der Waals surface area contributed by atoms with E-state index in [1.54, 1.807) is 6.92 Å². The largest absolute Gasteiger partial charge is 0.462 e. The highest BCUT2D eigenvalue weighted by atomic mass is 16.7. The third kappa shape index (κ3) is 4.98. The number of ether oxygens (including phenoxy) is 3. The van der Waals surface area contributed by atoms with Gasteiger partial charge in [0.15, 0.2) is 0 Å². The number of hydrogen-bond acceptors (Lipinski definition) is 11. The molecular weight excluding hydrogens is 574 g/mol. The lowest BCUT2D eigenvalue weighted by Gasteiger charge is -2.57. The second-order valence-electron chi connectivity index (χ2n) is 14.0. The summed E-state index contributed by atoms with van der Waals surface area (Å²) in [4.78, 5) is 12.1. The van der Waals surface area contributed by atoms with E-state index in [2.05, 4.69) is 18.3 Å². The number of hydrogen-bond donors (Lipinski definition) is 8. The average molecular weight is 622 g/mol. The van der Waals surface area contributed by atoms with E-state index in [9.17, 15) is 40.5 Å². The van der Waals surface area contributed by atoms with E-state index in [0.29, 0.717) is 18.6 Å². The molecule has 15 atom stereocenters. The highest BCUT2D eigenvalue weighted by Crippen LogP contribution is 2.66. The molecule has 6 rings (SSSR count). The first-order valence-corrected chi connectivity index (χ1v) is 15.9. The zero-order valence-corrected chi connectivity index (χ0v) is 25.5. The van der Waals surface area contributed by atoms with Crippen molar-refractivity contribution in [2.45, 2.75) is 132 Å². The van der Waals surface area contributed by atoms with E-state index < -0.39 is 84.7 Å². The molecule has 12 nitrogen and oxygen atoms in total. The number of nitrogens with one attached hydrogen (secondary N) is 1. The Kier molecular flexibility index (Phi) is 8.56. The Morgan fingerprint density at radius 1 is 1.00 bits per heavy atom. The molecule has 2 saturated carbocycles. The van der Waals surface area contributed by atoms with Crippen LogP contribution in [0.2, 0.25) is 0 Å². The number of carbonyl (C=O) groups excluding carboxylic acids is 1. The van der Waals surface area contributed by atoms with Gasteiger partial charge >= 0.3 is 0 Å². The van der Waals surface area contributed by atoms with Gasteiger partial charge in [-0.3, -0.25) is 4.79 Å². The van der Waals surface area contributed by atoms with Crippen molar-refractivity contribution in [2.24, 2.45) is 17.3 Å². The quantitative estimate of drug-likeness (QED) is 0.210. The number of aliphatic hydroxyl groups is 7. The molecule has 2 aliphatic heterocycles. The molecule has 4 fully saturated rings. The normalized spacial score (nSPS) is 48.5. The fraction of sp³-hybridized carbons (Fsp3) is 0.781. The van der Waals surface area contributed by atoms with Crippen LogP contribution in [0.4, 0.5) is 0 Å². The van der Waals surface area contributed by atoms with E-state index in [0.717, 1.165) is 31.2 Å². The van der Waals surface area contributed by atoms with Crippen molar-refractivity contribution in [3.05, 3.63) is 29.3 Å². The molecule has 1 aromatic carbocycles. The molecule has 1 unspecified atom stereocenters. The SMILES string of the molecule is CC(=O)N[C@@H]1[C@@H](O)[C@H](O)[C@@H](CO)O[C@H]1[C@]1(O)CC[C@H]2[C@@H]3CCc4cc(OC5O[C@H](C)[C@@H](O)[C@H](O)[C@H]5O)ccc4[C@H]3CC[C@@]21C. The number of carbonyl (C=O) groups is 1. The van der Waals surface area contributed by atoms with E-state index in [-0.39, 0.29) is 17.8 Å². The average Bonchev–Trinajstić information content (AvgIpc) is 3.27. The molecule has 3 aliphatic carbocycles. The van der Waals surface area contributed by atoms with Gasteiger partial charge in [0.1, 0.15) is 48.5 Å². The van der Waals surface area contributed by atoms with Gasteiger partial charge in [0.25, 0.3) is 0 Å². The van der Waals surface area contributed by atoms with Crippen LogP contribution < -0.4 is 10.1 Å². The van der Waals surface area contributed by atoms with Crippen molar-refractivity contribution in [3.63, 3.8) is 0 Å². The predicted molar refractivity (Wildman–Crippen MR) is 154 cm³/mol. The summed E-state index contributed by atoms with van der Waals surface area (Å²) in [5.41, 5.74) is 0.375. The Labute approximate surface area is 257 Å². The summed E-state index contributed by atoms with van der Waals surface area (Å²) < 4.78 is 17.7. The molecule has 0 spiro atoms. The molecule has 246 valence electrons. The van der Waals surface area contributed by atoms with Crippen LogP contribution in [0.1, 0.15) is 69.9 Å². The summed E-state index contributed by atoms with van der Waals surface area (Å²) in [6.07, 6.45) is -6.38. The van der Waals surface area contributed by atoms with Gasteiger partial charge in [-0.2, -0.15) is 0 Å². The van der Waals surface area contributed by atoms with Crippen molar-refractivity contribution in [3.8, 4) is 5.75 Å². The molecule has 12 heteroatoms. The summed E-state index contributed by atoms with van der Waals surface area (Å²) in [7, 11) is 0. The second kappa shape index (κ2) is 11.7. The second-order valence-corrected chi connectivity index (χ2v) is 14.0. The fourth-order valence-electron chi connectivity index (χ4n) is 9.32. The van der Waals surface area contributed by atoms with Gasteiger partial charge in [0.2, 0.25) is 12.2 Å². The minimum Gasteiger partial charge on any atom is -0.462 e. The summed E-state index contributed by atoms with van der Waals surface area (Å²) in [6.45, 7) is 4.48. The number of benzene rings is 1. The van der Waals surface area contributed by atoms with Gasteiger partial charge in [-0.15, -0.1) is 0 Å². The summed E-state index contributed by atoms with van der Waals surface area (Å²) >= 11 is 0. The minimum atomic E-state index is -1.41. The van der Waals surface area contributed by atoms with E-state index in [1.165, 1.54) is 12.5 Å². The zero-order chi connectivity index (χ0) is 31.7. The van der Waals surface area contributed by atoms with Gasteiger partial charge in [-0.1, -0.05) is 13.0 Å². The van der Waals surface area contributed by atoms with E-state index in [4.69, 9.17) is 14.2 Å². The molecule has 5 aliphatic rings. The van der Waals surface area contributed by atoms with Crippen LogP contribution in [-0.2, 0) is 20.7 Å². The van der Waals surface area contributed by atoms with Crippen LogP contribution in [0, 0.1) is 17.3 Å². The molecule has 2 heterocycles. The van der Waals surface area contributed by atoms with Crippen molar-refractivity contribution in [1.82, 2.24) is 5.32 Å². The fourth-order valence-corrected chi connectivity index (χ4v) is 9.32. The first-order chi connectivity index (χ1) is 20.8. The minimum absolute atomic E-state index is 0.147. The highest BCUT2D eigenvalue weighted by Gasteiger charge is 2.67. The third-order valence-electron chi connectivity index (χ3n) is 11.7. The van der Waals surface area contributed by atoms with Crippen molar-refractivity contribution in [1.29, 1.82) is 0 Å². The number of aliphatic hydroxyl groups excluding tert-OH is 6. The van der Waals surface area contributed by atoms with Crippen LogP contribution >= 0.6 is 0 Å². The van der Waals surface area contributed by atoms with Crippen LogP contribution in [-0.4, -0.2) is 115 Å². The molecular formula is C32H47NO11. The number of aryl methyl sites for hydroxylation is 1. The standard InChI is InChI=1S/C32H47NO11/c1-14-24(36)27(39)28(40)30(42-14)43-17-5-7-18-16(12-17)4-6-20-19(18)8-10-31(3)21(20)9-11-32(31,41)29-23(33-15(2)35)26(38)25(37)22(13-34)44-29/h5,7,12,14,19-30,34,36-41H,4,6,8-11,13H2,1-3H3,(H,33,35)/t14-,19-,20-,21+,22-,23-,24-,25-,26-,27+,28-,29-,30?,31+,32-/m1/s1. The van der Waals surface area contributed by atoms with Crippen molar-refractivity contribution >= 4 is 5.91 Å². The lowest BCUT2D eigenvalue weighted by molar-refractivity contribution is -0.268. The van der Waals surface area contributed by atoms with Crippen LogP contribution in [0.3, 0.4) is 0 Å². The number of amides is 1. The van der Waals surface area contributed by atoms with Gasteiger partial charge < -0.3 is 55.3 Å². The Balaban J connectivity index is 1.22. The smallest absolute Gasteiger partial charge is 0.229 e. The summed E-state index contributed by atoms with van der Waals surface area (Å²) in [5.74, 6) is 0.793. The topological polar surface area (TPSA) is 198 Å². The van der Waals surface area contributed by atoms with Gasteiger partial charge in [-0.25, -0.2) is 0 Å². The molecule has 1 aromatic rings. The van der Waals surface area contributed by atoms with Crippen LogP contribution in [0.25, 0.3) is 0 Å². The zero-order valence-electron chi connectivity index (χ0n) is 25.5. The van der Waals surface area contributed by atoms with E-state index >= 15 is 0 Å². The lowest BCUT2D eigenvalue weighted by atomic mass is 9.52. The predicted octanol–water partition coefficient (Wildman–Crippen LogP) is -0.534. The molecule has 2 saturated heterocycles. The third-order valence-corrected chi connectivity index (χ3v) is 11.7. The number of rotatable bonds is 5. The van der Waals surface area contributed by atoms with Crippen LogP contribution in [0.5, 0.6) is 5.75 Å². The lowest BCUT2D eigenvalue weighted by Crippen LogP contribution is -2.72. The summed E-state index contributed by atoms with van der Waals surface area (Å²) in [6, 6.07) is 4.81. The van der Waals surface area contributed by atoms with Gasteiger partial charge in [-0.05, 0) is 86.5 Å². The number of fused-ring (bicyclic) bond motifs is 5. The Morgan fingerprint density at radius 3 is 2.45 bits per heavy atom. The molecule has 0 radical (unpaired) electrons. The Bertz CT molecular complexity index is 1230. The summed E-state index contributed by atoms with van der Waals surface area (Å²) in [5, 5.41) is 77.1. The molecule has 44 heavy (non-hydrogen) atoms. The highest BCUT2D eigenvalue weighted by molar-refractivity contribution is 5.73. The molecule has 0 aromatic heterocycles.